The van der Waals surface area contributed by atoms with Crippen LogP contribution in [0.4, 0.5) is 0 Å². The minimum Gasteiger partial charge on any atom is -0.477 e. The van der Waals surface area contributed by atoms with Crippen LogP contribution in [0.5, 0.6) is 11.5 Å². The fraction of sp³-hybridized carbons (Fsp3) is 0.158. The minimum atomic E-state index is -0.861. The molecule has 6 heteroatoms. The van der Waals surface area contributed by atoms with Crippen LogP contribution in [0.1, 0.15) is 12.5 Å². The van der Waals surface area contributed by atoms with Crippen LogP contribution in [0.2, 0.25) is 5.02 Å². The Balaban J connectivity index is 1.77. The predicted molar refractivity (Wildman–Crippen MR) is 94.4 cm³/mol. The molecule has 0 saturated carbocycles. The zero-order valence-electron chi connectivity index (χ0n) is 13.6. The number of ether oxygens (including phenoxy) is 2. The van der Waals surface area contributed by atoms with Crippen LogP contribution in [0.25, 0.3) is 11.0 Å². The van der Waals surface area contributed by atoms with Crippen LogP contribution in [0.15, 0.2) is 57.7 Å². The molecule has 3 aromatic rings. The topological polar surface area (TPSA) is 65.7 Å². The van der Waals surface area contributed by atoms with Crippen molar-refractivity contribution < 1.29 is 18.7 Å². The summed E-state index contributed by atoms with van der Waals surface area (Å²) in [6, 6.07) is 13.1. The zero-order valence-corrected chi connectivity index (χ0v) is 14.4. The van der Waals surface area contributed by atoms with Gasteiger partial charge in [0.05, 0.1) is 5.02 Å². The molecule has 5 nitrogen and oxygen atoms in total. The molecule has 2 aromatic carbocycles. The van der Waals surface area contributed by atoms with Crippen LogP contribution < -0.4 is 15.1 Å². The lowest BCUT2D eigenvalue weighted by molar-refractivity contribution is -0.141. The van der Waals surface area contributed by atoms with Gasteiger partial charge in [0, 0.05) is 17.5 Å². The zero-order chi connectivity index (χ0) is 18.0. The molecule has 1 atom stereocenters. The van der Waals surface area contributed by atoms with E-state index in [1.54, 1.807) is 43.3 Å². The van der Waals surface area contributed by atoms with Gasteiger partial charge in [-0.2, -0.15) is 0 Å². The van der Waals surface area contributed by atoms with Crippen molar-refractivity contribution >= 4 is 28.5 Å². The second-order valence-electron chi connectivity index (χ2n) is 5.52. The number of carbonyl (C=O) groups is 1. The molecule has 0 radical (unpaired) electrons. The fourth-order valence-electron chi connectivity index (χ4n) is 2.35. The molecule has 0 spiro atoms. The molecule has 0 aliphatic heterocycles. The molecule has 1 aromatic heterocycles. The average molecular weight is 359 g/mol. The Kier molecular flexibility index (Phi) is 4.76. The van der Waals surface area contributed by atoms with Crippen molar-refractivity contribution in [3.63, 3.8) is 0 Å². The number of esters is 1. The number of benzene rings is 2. The summed E-state index contributed by atoms with van der Waals surface area (Å²) in [5.41, 5.74) is 0.693. The minimum absolute atomic E-state index is 0.265. The number of halogens is 1. The van der Waals surface area contributed by atoms with Crippen molar-refractivity contribution in [3.8, 4) is 11.5 Å². The largest absolute Gasteiger partial charge is 0.477 e. The molecule has 0 N–H and O–H groups in total. The number of hydrogen-bond acceptors (Lipinski definition) is 5. The number of aryl methyl sites for hydroxylation is 1. The molecule has 1 unspecified atom stereocenters. The Morgan fingerprint density at radius 3 is 2.68 bits per heavy atom. The van der Waals surface area contributed by atoms with Crippen LogP contribution >= 0.6 is 11.6 Å². The summed E-state index contributed by atoms with van der Waals surface area (Å²) in [7, 11) is 0. The first-order chi connectivity index (χ1) is 11.9. The van der Waals surface area contributed by atoms with Gasteiger partial charge in [-0.25, -0.2) is 9.59 Å². The Labute approximate surface area is 148 Å². The van der Waals surface area contributed by atoms with E-state index in [0.29, 0.717) is 16.4 Å². The first-order valence-corrected chi connectivity index (χ1v) is 7.99. The van der Waals surface area contributed by atoms with Gasteiger partial charge in [0.15, 0.2) is 6.10 Å². The first-order valence-electron chi connectivity index (χ1n) is 7.61. The maximum absolute atomic E-state index is 12.2. The highest BCUT2D eigenvalue weighted by atomic mass is 35.5. The lowest BCUT2D eigenvalue weighted by Gasteiger charge is -2.14. The van der Waals surface area contributed by atoms with Crippen LogP contribution in [0, 0.1) is 6.92 Å². The van der Waals surface area contributed by atoms with E-state index in [0.717, 1.165) is 10.9 Å². The highest BCUT2D eigenvalue weighted by Gasteiger charge is 2.19. The van der Waals surface area contributed by atoms with Gasteiger partial charge in [-0.15, -0.1) is 0 Å². The number of fused-ring (bicyclic) bond motifs is 1. The SMILES string of the molecule is Cc1cc(=O)oc2cc(OC(=O)C(C)Oc3ccccc3Cl)ccc12. The van der Waals surface area contributed by atoms with Crippen molar-refractivity contribution in [3.05, 3.63) is 69.5 Å². The highest BCUT2D eigenvalue weighted by Crippen LogP contribution is 2.25. The molecule has 0 aliphatic rings. The Hall–Kier alpha value is -2.79. The lowest BCUT2D eigenvalue weighted by atomic mass is 10.1. The van der Waals surface area contributed by atoms with E-state index in [1.165, 1.54) is 12.1 Å². The third-order valence-electron chi connectivity index (χ3n) is 3.61. The Bertz CT molecular complexity index is 993. The summed E-state index contributed by atoms with van der Waals surface area (Å²) in [4.78, 5) is 23.7. The van der Waals surface area contributed by atoms with Crippen LogP contribution in [0.3, 0.4) is 0 Å². The van der Waals surface area contributed by atoms with E-state index >= 15 is 0 Å². The van der Waals surface area contributed by atoms with E-state index < -0.39 is 17.7 Å². The summed E-state index contributed by atoms with van der Waals surface area (Å²) in [5.74, 6) is 0.0730. The third kappa shape index (κ3) is 3.83. The quantitative estimate of drug-likeness (QED) is 0.398. The highest BCUT2D eigenvalue weighted by molar-refractivity contribution is 6.32. The fourth-order valence-corrected chi connectivity index (χ4v) is 2.53. The summed E-state index contributed by atoms with van der Waals surface area (Å²) >= 11 is 6.01. The summed E-state index contributed by atoms with van der Waals surface area (Å²) in [6.45, 7) is 3.38. The maximum atomic E-state index is 12.2. The monoisotopic (exact) mass is 358 g/mol. The molecular formula is C19H15ClO5. The molecular weight excluding hydrogens is 344 g/mol. The van der Waals surface area contributed by atoms with E-state index in [4.69, 9.17) is 25.5 Å². The second kappa shape index (κ2) is 6.99. The second-order valence-corrected chi connectivity index (χ2v) is 5.93. The summed E-state index contributed by atoms with van der Waals surface area (Å²) in [6.07, 6.45) is -0.861. The Morgan fingerprint density at radius 1 is 1.16 bits per heavy atom. The normalized spacial score (nSPS) is 12.0. The van der Waals surface area contributed by atoms with Crippen molar-refractivity contribution in [2.75, 3.05) is 0 Å². The molecule has 0 saturated heterocycles. The maximum Gasteiger partial charge on any atom is 0.352 e. The smallest absolute Gasteiger partial charge is 0.352 e. The van der Waals surface area contributed by atoms with E-state index in [1.807, 2.05) is 6.92 Å². The third-order valence-corrected chi connectivity index (χ3v) is 3.93. The molecule has 25 heavy (non-hydrogen) atoms. The number of hydrogen-bond donors (Lipinski definition) is 0. The molecule has 128 valence electrons. The molecule has 0 aliphatic carbocycles. The predicted octanol–water partition coefficient (Wildman–Crippen LogP) is 4.13. The molecule has 0 bridgehead atoms. The van der Waals surface area contributed by atoms with Gasteiger partial charge in [-0.1, -0.05) is 23.7 Å². The number of carbonyl (C=O) groups excluding carboxylic acids is 1. The molecule has 3 rings (SSSR count). The van der Waals surface area contributed by atoms with E-state index in [2.05, 4.69) is 0 Å². The van der Waals surface area contributed by atoms with Gasteiger partial charge in [-0.05, 0) is 43.7 Å². The summed E-state index contributed by atoms with van der Waals surface area (Å²) < 4.78 is 16.0. The van der Waals surface area contributed by atoms with Crippen molar-refractivity contribution in [2.45, 2.75) is 20.0 Å². The average Bonchev–Trinajstić information content (AvgIpc) is 2.56. The first kappa shape index (κ1) is 17.0. The van der Waals surface area contributed by atoms with Crippen LogP contribution in [-0.2, 0) is 4.79 Å². The van der Waals surface area contributed by atoms with Gasteiger partial charge in [0.2, 0.25) is 0 Å². The number of para-hydroxylation sites is 1. The van der Waals surface area contributed by atoms with Gasteiger partial charge in [0.25, 0.3) is 0 Å². The van der Waals surface area contributed by atoms with E-state index in [9.17, 15) is 9.59 Å². The van der Waals surface area contributed by atoms with Crippen molar-refractivity contribution in [1.82, 2.24) is 0 Å². The van der Waals surface area contributed by atoms with Crippen molar-refractivity contribution in [2.24, 2.45) is 0 Å². The summed E-state index contributed by atoms with van der Waals surface area (Å²) in [5, 5.41) is 1.19. The van der Waals surface area contributed by atoms with Crippen LogP contribution in [-0.4, -0.2) is 12.1 Å². The molecule has 0 fully saturated rings. The molecule has 0 amide bonds. The van der Waals surface area contributed by atoms with Crippen molar-refractivity contribution in [1.29, 1.82) is 0 Å². The number of rotatable bonds is 4. The standard InChI is InChI=1S/C19H15ClO5/c1-11-9-18(21)25-17-10-13(7-8-14(11)17)24-19(22)12(2)23-16-6-4-3-5-15(16)20/h3-10,12H,1-2H3. The lowest BCUT2D eigenvalue weighted by Crippen LogP contribution is -2.28. The van der Waals surface area contributed by atoms with Gasteiger partial charge in [-0.3, -0.25) is 0 Å². The van der Waals surface area contributed by atoms with Gasteiger partial charge in [0.1, 0.15) is 17.1 Å². The Morgan fingerprint density at radius 2 is 1.92 bits per heavy atom. The molecule has 1 heterocycles. The van der Waals surface area contributed by atoms with Gasteiger partial charge >= 0.3 is 11.6 Å². The van der Waals surface area contributed by atoms with Gasteiger partial charge < -0.3 is 13.9 Å². The van der Waals surface area contributed by atoms with E-state index in [-0.39, 0.29) is 5.75 Å².